The van der Waals surface area contributed by atoms with Gasteiger partial charge in [-0.15, -0.1) is 0 Å². The van der Waals surface area contributed by atoms with E-state index in [1.807, 2.05) is 36.1 Å². The summed E-state index contributed by atoms with van der Waals surface area (Å²) in [6.45, 7) is 4.29. The molecule has 0 saturated carbocycles. The van der Waals surface area contributed by atoms with Crippen LogP contribution in [-0.2, 0) is 7.05 Å². The number of hydrogen-bond donors (Lipinski definition) is 1. The van der Waals surface area contributed by atoms with Gasteiger partial charge in [-0.25, -0.2) is 0 Å². The minimum absolute atomic E-state index is 0.253. The van der Waals surface area contributed by atoms with Gasteiger partial charge in [-0.1, -0.05) is 23.7 Å². The Hall–Kier alpha value is -1.32. The Balaban J connectivity index is 2.05. The molecule has 0 fully saturated rings. The number of nitrogens with one attached hydrogen (secondary N) is 1. The number of aryl methyl sites for hydroxylation is 1. The summed E-state index contributed by atoms with van der Waals surface area (Å²) in [4.78, 5) is 0. The molecule has 96 valence electrons. The van der Waals surface area contributed by atoms with Gasteiger partial charge in [-0.05, 0) is 37.6 Å². The van der Waals surface area contributed by atoms with Crippen LogP contribution < -0.4 is 5.32 Å². The van der Waals surface area contributed by atoms with Gasteiger partial charge in [0.1, 0.15) is 0 Å². The third-order valence-corrected chi connectivity index (χ3v) is 3.42. The molecule has 1 unspecified atom stereocenters. The molecule has 0 radical (unpaired) electrons. The van der Waals surface area contributed by atoms with Crippen LogP contribution in [0.3, 0.4) is 0 Å². The zero-order valence-electron chi connectivity index (χ0n) is 10.9. The van der Waals surface area contributed by atoms with Crippen molar-refractivity contribution >= 4 is 11.6 Å². The Morgan fingerprint density at radius 3 is 2.33 bits per heavy atom. The Bertz CT molecular complexity index is 504. The second-order valence-corrected chi connectivity index (χ2v) is 4.98. The maximum atomic E-state index is 5.89. The molecule has 18 heavy (non-hydrogen) atoms. The monoisotopic (exact) mass is 263 g/mol. The second kappa shape index (κ2) is 5.55. The third kappa shape index (κ3) is 2.92. The van der Waals surface area contributed by atoms with Crippen molar-refractivity contribution in [3.63, 3.8) is 0 Å². The Morgan fingerprint density at radius 1 is 1.11 bits per heavy atom. The van der Waals surface area contributed by atoms with Gasteiger partial charge in [-0.3, -0.25) is 4.68 Å². The molecule has 0 amide bonds. The smallest absolute Gasteiger partial charge is 0.0547 e. The van der Waals surface area contributed by atoms with Crippen molar-refractivity contribution in [2.75, 3.05) is 0 Å². The molecule has 3 nitrogen and oxygen atoms in total. The van der Waals surface area contributed by atoms with Gasteiger partial charge in [0.2, 0.25) is 0 Å². The fourth-order valence-corrected chi connectivity index (χ4v) is 2.24. The molecule has 2 atom stereocenters. The Labute approximate surface area is 113 Å². The lowest BCUT2D eigenvalue weighted by Gasteiger charge is -2.20. The van der Waals surface area contributed by atoms with Crippen molar-refractivity contribution in [3.05, 3.63) is 52.8 Å². The van der Waals surface area contributed by atoms with Crippen LogP contribution >= 0.6 is 11.6 Å². The quantitative estimate of drug-likeness (QED) is 0.915. The SMILES string of the molecule is CC(N[C@H](C)c1ccc(Cl)cc1)c1ccnn1C. The van der Waals surface area contributed by atoms with Gasteiger partial charge in [0.25, 0.3) is 0 Å². The van der Waals surface area contributed by atoms with Crippen LogP contribution in [0, 0.1) is 0 Å². The van der Waals surface area contributed by atoms with Crippen molar-refractivity contribution < 1.29 is 0 Å². The number of hydrogen-bond acceptors (Lipinski definition) is 2. The molecule has 0 bridgehead atoms. The van der Waals surface area contributed by atoms with Crippen LogP contribution in [0.1, 0.15) is 37.2 Å². The van der Waals surface area contributed by atoms with Crippen LogP contribution in [0.2, 0.25) is 5.02 Å². The maximum absolute atomic E-state index is 5.89. The van der Waals surface area contributed by atoms with E-state index in [0.29, 0.717) is 0 Å². The number of benzene rings is 1. The van der Waals surface area contributed by atoms with Crippen molar-refractivity contribution in [2.45, 2.75) is 25.9 Å². The van der Waals surface area contributed by atoms with Crippen LogP contribution in [0.25, 0.3) is 0 Å². The highest BCUT2D eigenvalue weighted by Gasteiger charge is 2.13. The number of halogens is 1. The number of nitrogens with zero attached hydrogens (tertiary/aromatic N) is 2. The van der Waals surface area contributed by atoms with Gasteiger partial charge in [0.05, 0.1) is 5.69 Å². The lowest BCUT2D eigenvalue weighted by Crippen LogP contribution is -2.24. The van der Waals surface area contributed by atoms with E-state index in [9.17, 15) is 0 Å². The van der Waals surface area contributed by atoms with E-state index in [-0.39, 0.29) is 12.1 Å². The predicted molar refractivity (Wildman–Crippen MR) is 74.6 cm³/mol. The molecule has 0 spiro atoms. The minimum atomic E-state index is 0.253. The van der Waals surface area contributed by atoms with Gasteiger partial charge in [0.15, 0.2) is 0 Å². The number of rotatable bonds is 4. The molecule has 2 rings (SSSR count). The van der Waals surface area contributed by atoms with E-state index in [1.54, 1.807) is 0 Å². The highest BCUT2D eigenvalue weighted by Crippen LogP contribution is 2.20. The highest BCUT2D eigenvalue weighted by molar-refractivity contribution is 6.30. The summed E-state index contributed by atoms with van der Waals surface area (Å²) in [6, 6.07) is 10.5. The van der Waals surface area contributed by atoms with Gasteiger partial charge >= 0.3 is 0 Å². The normalized spacial score (nSPS) is 14.4. The summed E-state index contributed by atoms with van der Waals surface area (Å²) in [7, 11) is 1.96. The van der Waals surface area contributed by atoms with E-state index in [4.69, 9.17) is 11.6 Å². The minimum Gasteiger partial charge on any atom is -0.302 e. The van der Waals surface area contributed by atoms with Crippen molar-refractivity contribution in [3.8, 4) is 0 Å². The standard InChI is InChI=1S/C14H18ClN3/c1-10(12-4-6-13(15)7-5-12)17-11(2)14-8-9-16-18(14)3/h4-11,17H,1-3H3/t10-,11?/m1/s1. The topological polar surface area (TPSA) is 29.9 Å². The first-order valence-electron chi connectivity index (χ1n) is 6.07. The molecule has 0 aliphatic carbocycles. The lowest BCUT2D eigenvalue weighted by molar-refractivity contribution is 0.469. The Kier molecular flexibility index (Phi) is 4.04. The number of aromatic nitrogens is 2. The molecule has 0 aliphatic rings. The van der Waals surface area contributed by atoms with E-state index in [1.165, 1.54) is 11.3 Å². The first kappa shape index (κ1) is 13.1. The molecule has 0 saturated heterocycles. The summed E-state index contributed by atoms with van der Waals surface area (Å²) in [5, 5.41) is 8.51. The molecule has 2 aromatic rings. The predicted octanol–water partition coefficient (Wildman–Crippen LogP) is 3.49. The van der Waals surface area contributed by atoms with E-state index in [0.717, 1.165) is 5.02 Å². The van der Waals surface area contributed by atoms with Crippen LogP contribution in [0.4, 0.5) is 0 Å². The maximum Gasteiger partial charge on any atom is 0.0547 e. The summed E-state index contributed by atoms with van der Waals surface area (Å²) in [5.74, 6) is 0. The van der Waals surface area contributed by atoms with Crippen LogP contribution in [0.5, 0.6) is 0 Å². The fraction of sp³-hybridized carbons (Fsp3) is 0.357. The molecule has 4 heteroatoms. The zero-order valence-corrected chi connectivity index (χ0v) is 11.6. The highest BCUT2D eigenvalue weighted by atomic mass is 35.5. The summed E-state index contributed by atoms with van der Waals surface area (Å²) in [6.07, 6.45) is 1.82. The lowest BCUT2D eigenvalue weighted by atomic mass is 10.1. The van der Waals surface area contributed by atoms with Crippen LogP contribution in [0.15, 0.2) is 36.5 Å². The van der Waals surface area contributed by atoms with E-state index in [2.05, 4.69) is 36.4 Å². The molecule has 1 aromatic heterocycles. The van der Waals surface area contributed by atoms with Gasteiger partial charge in [0, 0.05) is 30.4 Å². The molecule has 1 aromatic carbocycles. The second-order valence-electron chi connectivity index (χ2n) is 4.54. The van der Waals surface area contributed by atoms with Gasteiger partial charge in [-0.2, -0.15) is 5.10 Å². The third-order valence-electron chi connectivity index (χ3n) is 3.17. The first-order valence-corrected chi connectivity index (χ1v) is 6.45. The van der Waals surface area contributed by atoms with Crippen molar-refractivity contribution in [1.29, 1.82) is 0 Å². The zero-order chi connectivity index (χ0) is 13.1. The molecular weight excluding hydrogens is 246 g/mol. The van der Waals surface area contributed by atoms with Crippen molar-refractivity contribution in [2.24, 2.45) is 7.05 Å². The fourth-order valence-electron chi connectivity index (χ4n) is 2.12. The molecule has 1 N–H and O–H groups in total. The van der Waals surface area contributed by atoms with Crippen molar-refractivity contribution in [1.82, 2.24) is 15.1 Å². The first-order chi connectivity index (χ1) is 8.58. The Morgan fingerprint density at radius 2 is 1.78 bits per heavy atom. The molecular formula is C14H18ClN3. The summed E-state index contributed by atoms with van der Waals surface area (Å²) < 4.78 is 1.90. The molecule has 1 heterocycles. The van der Waals surface area contributed by atoms with Crippen LogP contribution in [-0.4, -0.2) is 9.78 Å². The summed E-state index contributed by atoms with van der Waals surface area (Å²) in [5.41, 5.74) is 2.41. The van der Waals surface area contributed by atoms with E-state index >= 15 is 0 Å². The summed E-state index contributed by atoms with van der Waals surface area (Å²) >= 11 is 5.89. The van der Waals surface area contributed by atoms with E-state index < -0.39 is 0 Å². The average Bonchev–Trinajstić information content (AvgIpc) is 2.76. The molecule has 0 aliphatic heterocycles. The largest absolute Gasteiger partial charge is 0.302 e. The van der Waals surface area contributed by atoms with Gasteiger partial charge < -0.3 is 5.32 Å². The average molecular weight is 264 g/mol.